The normalized spacial score (nSPS) is 16.8. The third-order valence-electron chi connectivity index (χ3n) is 6.59. The number of nitrogens with zero attached hydrogens (tertiary/aromatic N) is 2. The fraction of sp³-hybridized carbons (Fsp3) is 0.276. The average Bonchev–Trinajstić information content (AvgIpc) is 3.53. The van der Waals surface area contributed by atoms with E-state index < -0.39 is 17.6 Å². The second-order valence-electron chi connectivity index (χ2n) is 9.06. The summed E-state index contributed by atoms with van der Waals surface area (Å²) in [5.74, 6) is -2.51. The molecule has 208 valence electrons. The molecule has 1 N–H and O–H groups in total. The number of carbonyl (C=O) groups excluding carboxylic acids is 1. The minimum atomic E-state index is -2.27. The van der Waals surface area contributed by atoms with Gasteiger partial charge in [0.2, 0.25) is 5.75 Å². The number of hydrogen-bond donors (Lipinski definition) is 1. The van der Waals surface area contributed by atoms with Gasteiger partial charge < -0.3 is 28.8 Å². The highest BCUT2D eigenvalue weighted by atomic mass is 32.1. The van der Waals surface area contributed by atoms with Gasteiger partial charge in [-0.05, 0) is 60.0 Å². The SMILES string of the molecule is CCCOc1ccc(C2(O)OC(=O)C(c3ccc4nsnc4c3)=C2Cc2cc(OC)c(OC)c(OC)c2)cc1F. The molecule has 1 aromatic heterocycles. The Balaban J connectivity index is 1.68. The number of ether oxygens (including phenoxy) is 5. The maximum absolute atomic E-state index is 15.0. The molecule has 11 heteroatoms. The van der Waals surface area contributed by atoms with Crippen LogP contribution in [-0.4, -0.2) is 47.8 Å². The van der Waals surface area contributed by atoms with Gasteiger partial charge >= 0.3 is 5.97 Å². The fourth-order valence-electron chi connectivity index (χ4n) is 4.69. The lowest BCUT2D eigenvalue weighted by molar-refractivity contribution is -0.185. The number of hydrogen-bond acceptors (Lipinski definition) is 10. The first-order valence-corrected chi connectivity index (χ1v) is 13.2. The van der Waals surface area contributed by atoms with Gasteiger partial charge in [-0.2, -0.15) is 8.75 Å². The molecular formula is C29H27FN2O7S. The molecule has 40 heavy (non-hydrogen) atoms. The Morgan fingerprint density at radius 1 is 0.950 bits per heavy atom. The van der Waals surface area contributed by atoms with Gasteiger partial charge in [0.05, 0.1) is 45.2 Å². The van der Waals surface area contributed by atoms with Crippen molar-refractivity contribution in [2.45, 2.75) is 25.6 Å². The molecular weight excluding hydrogens is 539 g/mol. The van der Waals surface area contributed by atoms with E-state index in [1.807, 2.05) is 6.92 Å². The molecule has 0 amide bonds. The van der Waals surface area contributed by atoms with Gasteiger partial charge in [0.25, 0.3) is 5.79 Å². The van der Waals surface area contributed by atoms with E-state index in [2.05, 4.69) is 8.75 Å². The number of aliphatic hydroxyl groups is 1. The molecule has 0 saturated carbocycles. The van der Waals surface area contributed by atoms with E-state index in [4.69, 9.17) is 23.7 Å². The summed E-state index contributed by atoms with van der Waals surface area (Å²) in [4.78, 5) is 13.4. The molecule has 4 aromatic rings. The van der Waals surface area contributed by atoms with E-state index in [0.29, 0.717) is 52.4 Å². The van der Waals surface area contributed by atoms with Crippen molar-refractivity contribution in [3.8, 4) is 23.0 Å². The number of halogens is 1. The zero-order chi connectivity index (χ0) is 28.4. The van der Waals surface area contributed by atoms with Crippen LogP contribution in [0.25, 0.3) is 16.6 Å². The predicted molar refractivity (Wildman–Crippen MR) is 146 cm³/mol. The van der Waals surface area contributed by atoms with E-state index in [9.17, 15) is 9.90 Å². The van der Waals surface area contributed by atoms with Crippen LogP contribution in [-0.2, 0) is 21.7 Å². The zero-order valence-electron chi connectivity index (χ0n) is 22.3. The lowest BCUT2D eigenvalue weighted by Gasteiger charge is -2.26. The maximum Gasteiger partial charge on any atom is 0.342 e. The Hall–Kier alpha value is -4.22. The van der Waals surface area contributed by atoms with Gasteiger partial charge in [-0.15, -0.1) is 0 Å². The Labute approximate surface area is 234 Å². The highest BCUT2D eigenvalue weighted by Gasteiger charge is 2.48. The van der Waals surface area contributed by atoms with Crippen LogP contribution in [0.3, 0.4) is 0 Å². The summed E-state index contributed by atoms with van der Waals surface area (Å²) in [5, 5.41) is 12.0. The predicted octanol–water partition coefficient (Wildman–Crippen LogP) is 5.04. The first kappa shape index (κ1) is 27.4. The van der Waals surface area contributed by atoms with Crippen molar-refractivity contribution < 1.29 is 38.0 Å². The molecule has 1 aliphatic heterocycles. The van der Waals surface area contributed by atoms with Crippen LogP contribution in [0, 0.1) is 5.82 Å². The van der Waals surface area contributed by atoms with Gasteiger partial charge in [0.1, 0.15) is 11.0 Å². The molecule has 1 aliphatic rings. The van der Waals surface area contributed by atoms with Crippen molar-refractivity contribution in [1.82, 2.24) is 8.75 Å². The molecule has 3 aromatic carbocycles. The number of benzene rings is 3. The van der Waals surface area contributed by atoms with E-state index >= 15 is 4.39 Å². The van der Waals surface area contributed by atoms with Crippen LogP contribution in [0.4, 0.5) is 4.39 Å². The van der Waals surface area contributed by atoms with Gasteiger partial charge in [-0.1, -0.05) is 13.0 Å². The summed E-state index contributed by atoms with van der Waals surface area (Å²) in [6.45, 7) is 2.24. The van der Waals surface area contributed by atoms with E-state index in [0.717, 1.165) is 17.8 Å². The van der Waals surface area contributed by atoms with Gasteiger partial charge in [0, 0.05) is 17.6 Å². The standard InChI is InChI=1S/C29H27FN2O7S/c1-5-10-38-23-9-7-18(15-20(23)30)29(34)19(11-16-12-24(35-2)27(37-4)25(13-16)36-3)26(28(33)39-29)17-6-8-21-22(14-17)32-40-31-21/h6-9,12-15,34H,5,10-11H2,1-4H3. The van der Waals surface area contributed by atoms with Crippen LogP contribution in [0.2, 0.25) is 0 Å². The number of cyclic esters (lactones) is 1. The van der Waals surface area contributed by atoms with E-state index in [-0.39, 0.29) is 28.9 Å². The van der Waals surface area contributed by atoms with Crippen molar-refractivity contribution in [2.24, 2.45) is 0 Å². The quantitative estimate of drug-likeness (QED) is 0.264. The number of rotatable bonds is 10. The molecule has 1 unspecified atom stereocenters. The average molecular weight is 567 g/mol. The Kier molecular flexibility index (Phi) is 7.59. The summed E-state index contributed by atoms with van der Waals surface area (Å²) in [6.07, 6.45) is 0.726. The molecule has 9 nitrogen and oxygen atoms in total. The van der Waals surface area contributed by atoms with Crippen LogP contribution in [0.15, 0.2) is 54.1 Å². The molecule has 0 bridgehead atoms. The summed E-state index contributed by atoms with van der Waals surface area (Å²) in [6, 6.07) is 12.6. The van der Waals surface area contributed by atoms with Crippen LogP contribution in [0.1, 0.15) is 30.0 Å². The Morgan fingerprint density at radius 2 is 1.68 bits per heavy atom. The van der Waals surface area contributed by atoms with Crippen molar-refractivity contribution in [1.29, 1.82) is 0 Å². The van der Waals surface area contributed by atoms with Crippen molar-refractivity contribution in [2.75, 3.05) is 27.9 Å². The molecule has 0 fully saturated rings. The highest BCUT2D eigenvalue weighted by Crippen LogP contribution is 2.47. The molecule has 0 spiro atoms. The lowest BCUT2D eigenvalue weighted by Crippen LogP contribution is -2.30. The van der Waals surface area contributed by atoms with Crippen molar-refractivity contribution in [3.05, 3.63) is 76.6 Å². The Morgan fingerprint density at radius 3 is 2.33 bits per heavy atom. The second kappa shape index (κ2) is 11.1. The largest absolute Gasteiger partial charge is 0.493 e. The van der Waals surface area contributed by atoms with E-state index in [1.165, 1.54) is 33.5 Å². The first-order chi connectivity index (χ1) is 19.3. The summed E-state index contributed by atoms with van der Waals surface area (Å²) >= 11 is 1.05. The second-order valence-corrected chi connectivity index (χ2v) is 9.59. The van der Waals surface area contributed by atoms with Crippen LogP contribution < -0.4 is 18.9 Å². The molecule has 1 atom stereocenters. The highest BCUT2D eigenvalue weighted by molar-refractivity contribution is 7.00. The number of esters is 1. The van der Waals surface area contributed by atoms with Crippen LogP contribution >= 0.6 is 11.7 Å². The molecule has 2 heterocycles. The van der Waals surface area contributed by atoms with Gasteiger partial charge in [-0.3, -0.25) is 0 Å². The topological polar surface area (TPSA) is 109 Å². The summed E-state index contributed by atoms with van der Waals surface area (Å²) < 4.78 is 51.0. The zero-order valence-corrected chi connectivity index (χ0v) is 23.1. The van der Waals surface area contributed by atoms with Crippen LogP contribution in [0.5, 0.6) is 23.0 Å². The van der Waals surface area contributed by atoms with Gasteiger partial charge in [-0.25, -0.2) is 9.18 Å². The fourth-order valence-corrected chi connectivity index (χ4v) is 5.21. The molecule has 0 aliphatic carbocycles. The van der Waals surface area contributed by atoms with Crippen molar-refractivity contribution in [3.63, 3.8) is 0 Å². The molecule has 5 rings (SSSR count). The van der Waals surface area contributed by atoms with Crippen molar-refractivity contribution >= 4 is 34.3 Å². The molecule has 0 radical (unpaired) electrons. The summed E-state index contributed by atoms with van der Waals surface area (Å²) in [7, 11) is 4.48. The minimum absolute atomic E-state index is 0.0251. The molecule has 0 saturated heterocycles. The van der Waals surface area contributed by atoms with E-state index in [1.54, 1.807) is 30.3 Å². The lowest BCUT2D eigenvalue weighted by atomic mass is 9.87. The third-order valence-corrected chi connectivity index (χ3v) is 7.14. The number of methoxy groups -OCH3 is 3. The summed E-state index contributed by atoms with van der Waals surface area (Å²) in [5.41, 5.74) is 2.75. The Bertz CT molecular complexity index is 1590. The number of fused-ring (bicyclic) bond motifs is 1. The number of aromatic nitrogens is 2. The first-order valence-electron chi connectivity index (χ1n) is 12.5. The monoisotopic (exact) mass is 566 g/mol. The smallest absolute Gasteiger partial charge is 0.342 e. The van der Waals surface area contributed by atoms with Gasteiger partial charge in [0.15, 0.2) is 23.1 Å². The third kappa shape index (κ3) is 4.82. The number of carbonyl (C=O) groups is 1. The maximum atomic E-state index is 15.0. The minimum Gasteiger partial charge on any atom is -0.493 e.